The average Bonchev–Trinajstić information content (AvgIpc) is 4.27. The van der Waals surface area contributed by atoms with Gasteiger partial charge in [-0.1, -0.05) is 55.4 Å². The van der Waals surface area contributed by atoms with Crippen LogP contribution in [0.4, 0.5) is 0 Å². The van der Waals surface area contributed by atoms with Gasteiger partial charge in [0.05, 0.1) is 45.6 Å². The van der Waals surface area contributed by atoms with Crippen molar-refractivity contribution in [2.24, 2.45) is 20.0 Å². The third kappa shape index (κ3) is 7.98. The minimum atomic E-state index is -0.359. The summed E-state index contributed by atoms with van der Waals surface area (Å²) in [5.41, 5.74) is 37.4. The van der Waals surface area contributed by atoms with Crippen LogP contribution in [0.5, 0.6) is 0 Å². The van der Waals surface area contributed by atoms with Crippen LogP contribution in [0, 0.1) is 55.4 Å². The van der Waals surface area contributed by atoms with Crippen LogP contribution in [0.2, 0.25) is 0 Å². The fourth-order valence-electron chi connectivity index (χ4n) is 13.3. The van der Waals surface area contributed by atoms with E-state index in [9.17, 15) is 0 Å². The van der Waals surface area contributed by atoms with Crippen molar-refractivity contribution in [1.29, 1.82) is 0 Å². The average molecular weight is 989 g/mol. The Kier molecular flexibility index (Phi) is 13.8. The van der Waals surface area contributed by atoms with E-state index in [0.717, 1.165) is 120 Å². The van der Waals surface area contributed by atoms with Crippen LogP contribution in [-0.4, -0.2) is 42.8 Å². The summed E-state index contributed by atoms with van der Waals surface area (Å²) in [6, 6.07) is 0. The van der Waals surface area contributed by atoms with Gasteiger partial charge < -0.3 is 19.9 Å². The lowest BCUT2D eigenvalue weighted by molar-refractivity contribution is 0.594. The maximum absolute atomic E-state index is 5.59. The van der Waals surface area contributed by atoms with Gasteiger partial charge in [-0.3, -0.25) is 0 Å². The maximum atomic E-state index is 5.59. The summed E-state index contributed by atoms with van der Waals surface area (Å²) in [5, 5.41) is 0. The number of aromatic nitrogens is 4. The molecular weight excluding hydrogens is 905 g/mol. The highest BCUT2D eigenvalue weighted by atomic mass is 14.9. The van der Waals surface area contributed by atoms with E-state index in [1.165, 1.54) is 112 Å². The molecule has 0 unspecified atom stereocenters. The van der Waals surface area contributed by atoms with Gasteiger partial charge in [0.2, 0.25) is 0 Å². The van der Waals surface area contributed by atoms with Crippen molar-refractivity contribution in [3.63, 3.8) is 0 Å². The summed E-state index contributed by atoms with van der Waals surface area (Å²) in [5.74, 6) is 0. The Labute approximate surface area is 443 Å². The largest absolute Gasteiger partial charge is 0.358 e. The van der Waals surface area contributed by atoms with Crippen molar-refractivity contribution in [3.05, 3.63) is 157 Å². The first-order valence-electron chi connectivity index (χ1n) is 28.1. The van der Waals surface area contributed by atoms with Crippen LogP contribution in [0.25, 0.3) is 24.3 Å². The summed E-state index contributed by atoms with van der Waals surface area (Å²) in [7, 11) is 0. The van der Waals surface area contributed by atoms with E-state index >= 15 is 0 Å². The van der Waals surface area contributed by atoms with Gasteiger partial charge in [-0.25, -0.2) is 20.0 Å². The smallest absolute Gasteiger partial charge is 0.0932 e. The predicted octanol–water partition coefficient (Wildman–Crippen LogP) is 17.5. The Balaban J connectivity index is 1.31. The first-order chi connectivity index (χ1) is 35.2. The van der Waals surface area contributed by atoms with Crippen LogP contribution in [0.1, 0.15) is 225 Å². The van der Waals surface area contributed by atoms with Crippen molar-refractivity contribution < 1.29 is 0 Å². The quantitative estimate of drug-likeness (QED) is 0.135. The molecule has 5 aliphatic heterocycles. The monoisotopic (exact) mass is 989 g/mol. The summed E-state index contributed by atoms with van der Waals surface area (Å²) >= 11 is 0. The van der Waals surface area contributed by atoms with Crippen molar-refractivity contribution in [2.75, 3.05) is 0 Å². The molecule has 16 bridgehead atoms. The maximum Gasteiger partial charge on any atom is 0.0932 e. The molecule has 0 amide bonds. The first kappa shape index (κ1) is 52.6. The van der Waals surface area contributed by atoms with Gasteiger partial charge in [-0.05, 0) is 248 Å². The summed E-state index contributed by atoms with van der Waals surface area (Å²) in [4.78, 5) is 38.4. The van der Waals surface area contributed by atoms with Crippen molar-refractivity contribution in [3.8, 4) is 0 Å². The molecule has 9 rings (SSSR count). The molecule has 8 heteroatoms. The Hall–Kier alpha value is -6.28. The van der Waals surface area contributed by atoms with Gasteiger partial charge in [0.15, 0.2) is 0 Å². The van der Waals surface area contributed by atoms with Crippen LogP contribution in [-0.2, 0) is 10.8 Å². The lowest BCUT2D eigenvalue weighted by Gasteiger charge is -2.25. The van der Waals surface area contributed by atoms with Crippen LogP contribution < -0.4 is 0 Å². The fourth-order valence-corrected chi connectivity index (χ4v) is 13.3. The number of hydrogen-bond donors (Lipinski definition) is 4. The molecule has 0 radical (unpaired) electrons. The molecule has 0 aromatic carbocycles. The number of nitrogens with zero attached hydrogens (tertiary/aromatic N) is 4. The zero-order chi connectivity index (χ0) is 53.6. The van der Waals surface area contributed by atoms with Crippen molar-refractivity contribution >= 4 is 47.2 Å². The highest BCUT2D eigenvalue weighted by molar-refractivity contribution is 6.56. The number of aliphatic imine (C=N–C) groups is 4. The van der Waals surface area contributed by atoms with Gasteiger partial charge in [-0.2, -0.15) is 0 Å². The molecule has 0 atom stereocenters. The SMILES string of the molecule is CCC1=C(CC)C2=NC1=Cc1[nH]c(c(C)c1C)C(C)(C)c1[nH]c(c(C)c1C)/C=C1\N=C(C3=N/C(=C\c4[nH]c(c(C)c4C)C(C)(C)c4[nH]c(c(C)c4C)/C=C4\N=C2C(CC)=C4CC)C(CC)=C3CC)C(CC)=C1CC. The number of allylic oxidation sites excluding steroid dienone is 8. The second kappa shape index (κ2) is 19.5. The van der Waals surface area contributed by atoms with E-state index in [-0.39, 0.29) is 10.8 Å². The Morgan fingerprint density at radius 1 is 0.284 bits per heavy atom. The standard InChI is InChI=1S/C66H84N8/c1-21-41-45(25-5)57-58-46(26-6)42(22-2)54(68-58)30-50-34(10)39(15)63(72-50)66(19,20)64-40(16)36(12)52(74-64)32-56-44(24-4)48(28-8)60(70-56)59-47(27-7)43(23-3)55(69-59)31-51-35(11)38(14)62(73-51)65(17,18)61-37(13)33(9)49(71-61)29-53(41)67-57/h29-32,71-74H,21-28H2,1-20H3/b53-29-,54-30-,55-31-,56-32?. The van der Waals surface area contributed by atoms with E-state index in [2.05, 4.69) is 183 Å². The lowest BCUT2D eigenvalue weighted by atomic mass is 9.81. The normalized spacial score (nSPS) is 20.6. The summed E-state index contributed by atoms with van der Waals surface area (Å²) in [6.07, 6.45) is 16.4. The topological polar surface area (TPSA) is 113 Å². The molecule has 0 saturated heterocycles. The molecule has 0 aliphatic carbocycles. The van der Waals surface area contributed by atoms with E-state index in [4.69, 9.17) is 20.0 Å². The van der Waals surface area contributed by atoms with Gasteiger partial charge in [0.1, 0.15) is 0 Å². The molecule has 4 N–H and O–H groups in total. The number of rotatable bonds is 8. The van der Waals surface area contributed by atoms with Crippen LogP contribution in [0.3, 0.4) is 0 Å². The van der Waals surface area contributed by atoms with Gasteiger partial charge >= 0.3 is 0 Å². The molecule has 4 aromatic heterocycles. The van der Waals surface area contributed by atoms with Gasteiger partial charge in [0, 0.05) is 56.4 Å². The van der Waals surface area contributed by atoms with Gasteiger partial charge in [0.25, 0.3) is 0 Å². The molecule has 0 spiro atoms. The number of fused-ring (bicyclic) bond motifs is 14. The molecule has 9 heterocycles. The first-order valence-corrected chi connectivity index (χ1v) is 28.1. The zero-order valence-electron chi connectivity index (χ0n) is 48.8. The minimum Gasteiger partial charge on any atom is -0.358 e. The zero-order valence-corrected chi connectivity index (χ0v) is 48.8. The molecular formula is C66H84N8. The Morgan fingerprint density at radius 2 is 0.459 bits per heavy atom. The molecule has 74 heavy (non-hydrogen) atoms. The predicted molar refractivity (Wildman–Crippen MR) is 317 cm³/mol. The number of nitrogens with one attached hydrogen (secondary N) is 4. The Bertz CT molecular complexity index is 3010. The molecule has 0 saturated carbocycles. The van der Waals surface area contributed by atoms with E-state index in [1.54, 1.807) is 0 Å². The van der Waals surface area contributed by atoms with Crippen LogP contribution >= 0.6 is 0 Å². The number of hydrogen-bond acceptors (Lipinski definition) is 4. The van der Waals surface area contributed by atoms with E-state index in [1.807, 2.05) is 0 Å². The third-order valence-corrected chi connectivity index (χ3v) is 18.1. The highest BCUT2D eigenvalue weighted by Crippen LogP contribution is 2.45. The number of H-pyrrole nitrogens is 4. The molecule has 388 valence electrons. The summed E-state index contributed by atoms with van der Waals surface area (Å²) in [6.45, 7) is 45.7. The second-order valence-corrected chi connectivity index (χ2v) is 22.5. The molecule has 0 fully saturated rings. The van der Waals surface area contributed by atoms with Gasteiger partial charge in [-0.15, -0.1) is 0 Å². The molecule has 5 aliphatic rings. The number of aromatic amines is 4. The van der Waals surface area contributed by atoms with Crippen LogP contribution in [0.15, 0.2) is 87.3 Å². The molecule has 4 aromatic rings. The Morgan fingerprint density at radius 3 is 0.622 bits per heavy atom. The van der Waals surface area contributed by atoms with E-state index in [0.29, 0.717) is 0 Å². The molecule has 8 nitrogen and oxygen atoms in total. The lowest BCUT2D eigenvalue weighted by Crippen LogP contribution is -2.22. The van der Waals surface area contributed by atoms with E-state index < -0.39 is 0 Å². The summed E-state index contributed by atoms with van der Waals surface area (Å²) < 4.78 is 0. The fraction of sp³-hybridized carbons (Fsp3) is 0.455. The third-order valence-electron chi connectivity index (χ3n) is 18.1. The minimum absolute atomic E-state index is 0.359. The highest BCUT2D eigenvalue weighted by Gasteiger charge is 2.38. The van der Waals surface area contributed by atoms with Crippen molar-refractivity contribution in [2.45, 2.75) is 201 Å². The van der Waals surface area contributed by atoms with Crippen molar-refractivity contribution in [1.82, 2.24) is 19.9 Å². The second-order valence-electron chi connectivity index (χ2n) is 22.5.